The summed E-state index contributed by atoms with van der Waals surface area (Å²) in [4.78, 5) is 12.5. The van der Waals surface area contributed by atoms with Crippen LogP contribution in [0.15, 0.2) is 24.3 Å². The average molecular weight is 288 g/mol. The normalized spacial score (nSPS) is 12.8. The SMILES string of the molecule is CC(C)CC(CO)NC(=O)C(C)(C)c1cccc(C#N)c1. The van der Waals surface area contributed by atoms with Gasteiger partial charge in [-0.1, -0.05) is 26.0 Å². The molecule has 0 aliphatic heterocycles. The van der Waals surface area contributed by atoms with E-state index >= 15 is 0 Å². The van der Waals surface area contributed by atoms with Gasteiger partial charge in [0.2, 0.25) is 5.91 Å². The molecule has 0 saturated carbocycles. The molecule has 1 atom stereocenters. The summed E-state index contributed by atoms with van der Waals surface area (Å²) < 4.78 is 0. The molecule has 1 unspecified atom stereocenters. The van der Waals surface area contributed by atoms with Gasteiger partial charge in [0.15, 0.2) is 0 Å². The number of nitrogens with zero attached hydrogens (tertiary/aromatic N) is 1. The number of nitriles is 1. The summed E-state index contributed by atoms with van der Waals surface area (Å²) in [6.45, 7) is 7.68. The fourth-order valence-electron chi connectivity index (χ4n) is 2.22. The van der Waals surface area contributed by atoms with Crippen LogP contribution in [0.2, 0.25) is 0 Å². The molecule has 1 aromatic rings. The second-order valence-electron chi connectivity index (χ2n) is 6.30. The van der Waals surface area contributed by atoms with Gasteiger partial charge in [0.05, 0.1) is 29.7 Å². The molecule has 4 heteroatoms. The Balaban J connectivity index is 2.90. The number of amides is 1. The zero-order valence-electron chi connectivity index (χ0n) is 13.2. The Labute approximate surface area is 126 Å². The Hall–Kier alpha value is -1.86. The molecular formula is C17H24N2O2. The highest BCUT2D eigenvalue weighted by Gasteiger charge is 2.31. The molecule has 0 fully saturated rings. The van der Waals surface area contributed by atoms with Crippen LogP contribution in [0.5, 0.6) is 0 Å². The predicted molar refractivity (Wildman–Crippen MR) is 82.7 cm³/mol. The first kappa shape index (κ1) is 17.2. The molecule has 114 valence electrons. The Morgan fingerprint density at radius 1 is 1.43 bits per heavy atom. The molecule has 0 aliphatic carbocycles. The smallest absolute Gasteiger partial charge is 0.230 e. The molecule has 0 bridgehead atoms. The molecule has 4 nitrogen and oxygen atoms in total. The molecule has 0 radical (unpaired) electrons. The lowest BCUT2D eigenvalue weighted by molar-refractivity contribution is -0.126. The third-order valence-electron chi connectivity index (χ3n) is 3.59. The van der Waals surface area contributed by atoms with Crippen molar-refractivity contribution in [3.8, 4) is 6.07 Å². The van der Waals surface area contributed by atoms with Crippen molar-refractivity contribution in [3.05, 3.63) is 35.4 Å². The molecule has 0 spiro atoms. The summed E-state index contributed by atoms with van der Waals surface area (Å²) in [6, 6.07) is 8.91. The second-order valence-corrected chi connectivity index (χ2v) is 6.30. The standard InChI is InChI=1S/C17H24N2O2/c1-12(2)8-15(11-20)19-16(21)17(3,4)14-7-5-6-13(9-14)10-18/h5-7,9,12,15,20H,8,11H2,1-4H3,(H,19,21). The quantitative estimate of drug-likeness (QED) is 0.844. The van der Waals surface area contributed by atoms with Gasteiger partial charge in [-0.2, -0.15) is 5.26 Å². The summed E-state index contributed by atoms with van der Waals surface area (Å²) >= 11 is 0. The maximum absolute atomic E-state index is 12.5. The first-order chi connectivity index (χ1) is 9.81. The van der Waals surface area contributed by atoms with Crippen molar-refractivity contribution in [2.45, 2.75) is 45.6 Å². The Bertz CT molecular complexity index is 530. The maximum atomic E-state index is 12.5. The topological polar surface area (TPSA) is 73.1 Å². The van der Waals surface area contributed by atoms with E-state index in [1.54, 1.807) is 18.2 Å². The van der Waals surface area contributed by atoms with Crippen LogP contribution in [0.1, 0.15) is 45.2 Å². The van der Waals surface area contributed by atoms with Crippen molar-refractivity contribution in [2.75, 3.05) is 6.61 Å². The van der Waals surface area contributed by atoms with Crippen molar-refractivity contribution < 1.29 is 9.90 Å². The minimum absolute atomic E-state index is 0.0712. The van der Waals surface area contributed by atoms with Gasteiger partial charge >= 0.3 is 0 Å². The zero-order chi connectivity index (χ0) is 16.0. The molecule has 0 aliphatic rings. The number of rotatable bonds is 6. The van der Waals surface area contributed by atoms with E-state index in [1.165, 1.54) is 0 Å². The van der Waals surface area contributed by atoms with Crippen LogP contribution in [-0.2, 0) is 10.2 Å². The number of aliphatic hydroxyl groups excluding tert-OH is 1. The Kier molecular flexibility index (Phi) is 5.92. The number of nitrogens with one attached hydrogen (secondary N) is 1. The predicted octanol–water partition coefficient (Wildman–Crippen LogP) is 2.36. The summed E-state index contributed by atoms with van der Waals surface area (Å²) in [5.41, 5.74) is 0.576. The molecule has 2 N–H and O–H groups in total. The molecule has 0 saturated heterocycles. The molecule has 0 aromatic heterocycles. The highest BCUT2D eigenvalue weighted by atomic mass is 16.3. The zero-order valence-corrected chi connectivity index (χ0v) is 13.2. The van der Waals surface area contributed by atoms with Gasteiger partial charge in [0.25, 0.3) is 0 Å². The summed E-state index contributed by atoms with van der Waals surface area (Å²) in [5, 5.41) is 21.3. The molecule has 1 aromatic carbocycles. The highest BCUT2D eigenvalue weighted by Crippen LogP contribution is 2.24. The third-order valence-corrected chi connectivity index (χ3v) is 3.59. The van der Waals surface area contributed by atoms with Gasteiger partial charge in [0.1, 0.15) is 0 Å². The van der Waals surface area contributed by atoms with E-state index in [2.05, 4.69) is 25.2 Å². The number of hydrogen-bond donors (Lipinski definition) is 2. The van der Waals surface area contributed by atoms with Crippen molar-refractivity contribution in [1.29, 1.82) is 5.26 Å². The summed E-state index contributed by atoms with van der Waals surface area (Å²) in [6.07, 6.45) is 0.733. The Morgan fingerprint density at radius 3 is 2.62 bits per heavy atom. The van der Waals surface area contributed by atoms with Gasteiger partial charge in [-0.3, -0.25) is 4.79 Å². The summed E-state index contributed by atoms with van der Waals surface area (Å²) in [7, 11) is 0. The summed E-state index contributed by atoms with van der Waals surface area (Å²) in [5.74, 6) is 0.254. The van der Waals surface area contributed by atoms with Crippen molar-refractivity contribution >= 4 is 5.91 Å². The van der Waals surface area contributed by atoms with E-state index in [1.807, 2.05) is 19.9 Å². The number of hydrogen-bond acceptors (Lipinski definition) is 3. The van der Waals surface area contributed by atoms with E-state index in [9.17, 15) is 9.90 Å². The van der Waals surface area contributed by atoms with Crippen LogP contribution in [0.4, 0.5) is 0 Å². The van der Waals surface area contributed by atoms with E-state index < -0.39 is 5.41 Å². The first-order valence-electron chi connectivity index (χ1n) is 7.23. The lowest BCUT2D eigenvalue weighted by Crippen LogP contribution is -2.47. The molecule has 21 heavy (non-hydrogen) atoms. The van der Waals surface area contributed by atoms with Crippen LogP contribution in [0, 0.1) is 17.2 Å². The fourth-order valence-corrected chi connectivity index (χ4v) is 2.22. The van der Waals surface area contributed by atoms with Crippen molar-refractivity contribution in [1.82, 2.24) is 5.32 Å². The minimum atomic E-state index is -0.753. The number of carbonyl (C=O) groups excluding carboxylic acids is 1. The third kappa shape index (κ3) is 4.57. The van der Waals surface area contributed by atoms with Crippen molar-refractivity contribution in [2.24, 2.45) is 5.92 Å². The van der Waals surface area contributed by atoms with E-state index in [4.69, 9.17) is 5.26 Å². The van der Waals surface area contributed by atoms with Crippen LogP contribution in [0.25, 0.3) is 0 Å². The second kappa shape index (κ2) is 7.24. The first-order valence-corrected chi connectivity index (χ1v) is 7.23. The largest absolute Gasteiger partial charge is 0.394 e. The van der Waals surface area contributed by atoms with Gasteiger partial charge in [-0.25, -0.2) is 0 Å². The highest BCUT2D eigenvalue weighted by molar-refractivity contribution is 5.87. The fraction of sp³-hybridized carbons (Fsp3) is 0.529. The molecular weight excluding hydrogens is 264 g/mol. The van der Waals surface area contributed by atoms with E-state index in [0.717, 1.165) is 12.0 Å². The lowest BCUT2D eigenvalue weighted by atomic mass is 9.82. The van der Waals surface area contributed by atoms with Gasteiger partial charge in [-0.05, 0) is 43.9 Å². The molecule has 1 amide bonds. The van der Waals surface area contributed by atoms with E-state index in [0.29, 0.717) is 11.5 Å². The monoisotopic (exact) mass is 288 g/mol. The van der Waals surface area contributed by atoms with Gasteiger partial charge in [-0.15, -0.1) is 0 Å². The lowest BCUT2D eigenvalue weighted by Gasteiger charge is -2.28. The Morgan fingerprint density at radius 2 is 2.10 bits per heavy atom. The van der Waals surface area contributed by atoms with Gasteiger partial charge < -0.3 is 10.4 Å². The average Bonchev–Trinajstić information content (AvgIpc) is 2.45. The van der Waals surface area contributed by atoms with Crippen LogP contribution >= 0.6 is 0 Å². The van der Waals surface area contributed by atoms with Crippen molar-refractivity contribution in [3.63, 3.8) is 0 Å². The maximum Gasteiger partial charge on any atom is 0.230 e. The number of benzene rings is 1. The van der Waals surface area contributed by atoms with Crippen LogP contribution < -0.4 is 5.32 Å². The minimum Gasteiger partial charge on any atom is -0.394 e. The molecule has 0 heterocycles. The van der Waals surface area contributed by atoms with Crippen LogP contribution in [-0.4, -0.2) is 23.7 Å². The number of aliphatic hydroxyl groups is 1. The van der Waals surface area contributed by atoms with Gasteiger partial charge in [0, 0.05) is 0 Å². The number of carbonyl (C=O) groups is 1. The van der Waals surface area contributed by atoms with Crippen LogP contribution in [0.3, 0.4) is 0 Å². The molecule has 1 rings (SSSR count). The van der Waals surface area contributed by atoms with E-state index in [-0.39, 0.29) is 18.6 Å².